The Hall–Kier alpha value is 0. The molecule has 10 rings (SSSR count). The van der Waals surface area contributed by atoms with E-state index in [1.165, 1.54) is 0 Å². The van der Waals surface area contributed by atoms with E-state index in [2.05, 4.69) is 0 Å². The zero-order valence-electron chi connectivity index (χ0n) is 33.0. The lowest BCUT2D eigenvalue weighted by atomic mass is 9.39. The highest BCUT2D eigenvalue weighted by Crippen LogP contribution is 2.69. The van der Waals surface area contributed by atoms with E-state index in [1.54, 1.807) is 205 Å². The Labute approximate surface area is 311 Å². The predicted molar refractivity (Wildman–Crippen MR) is 211 cm³/mol. The summed E-state index contributed by atoms with van der Waals surface area (Å²) in [5.74, 6) is 20.3. The zero-order valence-corrected chi connectivity index (χ0v) is 33.0. The third-order valence-corrected chi connectivity index (χ3v) is 20.7. The van der Waals surface area contributed by atoms with Gasteiger partial charge >= 0.3 is 0 Å². The van der Waals surface area contributed by atoms with Crippen molar-refractivity contribution in [3.05, 3.63) is 0 Å². The van der Waals surface area contributed by atoms with Crippen LogP contribution >= 0.6 is 0 Å². The fourth-order valence-corrected chi connectivity index (χ4v) is 19.1. The van der Waals surface area contributed by atoms with Gasteiger partial charge in [0.2, 0.25) is 0 Å². The molecule has 0 heterocycles. The fourth-order valence-electron chi connectivity index (χ4n) is 19.1. The van der Waals surface area contributed by atoms with Crippen molar-refractivity contribution in [3.8, 4) is 0 Å². The fraction of sp³-hybridized carbons (Fsp3) is 1.00. The minimum absolute atomic E-state index is 1.11. The molecule has 50 heavy (non-hydrogen) atoms. The van der Waals surface area contributed by atoms with Gasteiger partial charge in [0.15, 0.2) is 0 Å². The first-order valence-electron chi connectivity index (χ1n) is 24.8. The van der Waals surface area contributed by atoms with Gasteiger partial charge in [-0.3, -0.25) is 0 Å². The van der Waals surface area contributed by atoms with Crippen molar-refractivity contribution in [1.82, 2.24) is 0 Å². The first-order valence-corrected chi connectivity index (χ1v) is 24.8. The van der Waals surface area contributed by atoms with Crippen molar-refractivity contribution in [3.63, 3.8) is 0 Å². The van der Waals surface area contributed by atoms with Gasteiger partial charge in [0.05, 0.1) is 0 Å². The maximum absolute atomic E-state index is 1.74. The third kappa shape index (κ3) is 6.37. The standard InChI is InChI=1S/C50H82/c1-3-15-33(16-4-1)39-22-11-13-25-42(39)49-45-29-36-20-7-8-21-37(36)30-46(45)50(43-26-14-12-23-40(43)34-17-5-2-6-18-34)48-32-44-38(31-47(48)49)28-27-35-19-9-10-24-41(35)44/h33-50H,1-32H2. The number of fused-ring (bicyclic) bond motifs is 6. The highest BCUT2D eigenvalue weighted by atomic mass is 14.7. The van der Waals surface area contributed by atoms with Gasteiger partial charge in [-0.2, -0.15) is 0 Å². The minimum atomic E-state index is 1.11. The minimum Gasteiger partial charge on any atom is -0.0533 e. The van der Waals surface area contributed by atoms with Crippen LogP contribution in [-0.2, 0) is 0 Å². The molecule has 10 aliphatic rings. The Morgan fingerprint density at radius 3 is 0.940 bits per heavy atom. The van der Waals surface area contributed by atoms with Crippen LogP contribution in [0.3, 0.4) is 0 Å². The Kier molecular flexibility index (Phi) is 10.5. The van der Waals surface area contributed by atoms with Crippen LogP contribution in [0, 0.1) is 107 Å². The van der Waals surface area contributed by atoms with Crippen molar-refractivity contribution in [2.75, 3.05) is 0 Å². The molecule has 0 N–H and O–H groups in total. The van der Waals surface area contributed by atoms with Crippen LogP contribution < -0.4 is 0 Å². The highest BCUT2D eigenvalue weighted by Gasteiger charge is 2.62. The Bertz CT molecular complexity index is 1090. The Balaban J connectivity index is 1.06. The number of rotatable bonds is 4. The van der Waals surface area contributed by atoms with Crippen molar-refractivity contribution >= 4 is 0 Å². The normalized spacial score (nSPS) is 52.1. The van der Waals surface area contributed by atoms with E-state index < -0.39 is 0 Å². The maximum atomic E-state index is 1.74. The summed E-state index contributed by atoms with van der Waals surface area (Å²) in [6, 6.07) is 0. The average molecular weight is 683 g/mol. The molecule has 0 aromatic heterocycles. The molecule has 0 aromatic rings. The molecule has 10 saturated carbocycles. The molecule has 0 spiro atoms. The summed E-state index contributed by atoms with van der Waals surface area (Å²) in [5, 5.41) is 0. The molecule has 0 aliphatic heterocycles. The second-order valence-corrected chi connectivity index (χ2v) is 22.3. The van der Waals surface area contributed by atoms with Crippen LogP contribution in [-0.4, -0.2) is 0 Å². The van der Waals surface area contributed by atoms with Gasteiger partial charge in [0, 0.05) is 0 Å². The molecule has 10 aliphatic carbocycles. The summed E-state index contributed by atoms with van der Waals surface area (Å²) in [6.45, 7) is 0. The van der Waals surface area contributed by atoms with Crippen LogP contribution in [0.4, 0.5) is 0 Å². The first kappa shape index (κ1) is 34.5. The molecule has 0 amide bonds. The molecule has 0 aromatic carbocycles. The van der Waals surface area contributed by atoms with E-state index in [0.29, 0.717) is 0 Å². The Morgan fingerprint density at radius 1 is 0.160 bits per heavy atom. The summed E-state index contributed by atoms with van der Waals surface area (Å²) < 4.78 is 0. The summed E-state index contributed by atoms with van der Waals surface area (Å²) in [4.78, 5) is 0. The second kappa shape index (κ2) is 15.3. The molecule has 16 atom stereocenters. The molecular weight excluding hydrogens is 601 g/mol. The second-order valence-electron chi connectivity index (χ2n) is 22.3. The van der Waals surface area contributed by atoms with Crippen molar-refractivity contribution < 1.29 is 0 Å². The number of hydrogen-bond acceptors (Lipinski definition) is 0. The third-order valence-electron chi connectivity index (χ3n) is 20.7. The number of hydrogen-bond donors (Lipinski definition) is 0. The lowest BCUT2D eigenvalue weighted by Crippen LogP contribution is -2.59. The van der Waals surface area contributed by atoms with Crippen LogP contribution in [0.2, 0.25) is 0 Å². The van der Waals surface area contributed by atoms with Crippen molar-refractivity contribution in [1.29, 1.82) is 0 Å². The average Bonchev–Trinajstić information content (AvgIpc) is 3.19. The van der Waals surface area contributed by atoms with E-state index in [1.807, 2.05) is 0 Å². The van der Waals surface area contributed by atoms with Crippen molar-refractivity contribution in [2.45, 2.75) is 205 Å². The van der Waals surface area contributed by atoms with Crippen molar-refractivity contribution in [2.24, 2.45) is 107 Å². The molecule has 0 heteroatoms. The lowest BCUT2D eigenvalue weighted by Gasteiger charge is -2.66. The topological polar surface area (TPSA) is 0 Å². The predicted octanol–water partition coefficient (Wildman–Crippen LogP) is 14.7. The van der Waals surface area contributed by atoms with Gasteiger partial charge in [0.1, 0.15) is 0 Å². The zero-order chi connectivity index (χ0) is 33.0. The van der Waals surface area contributed by atoms with Gasteiger partial charge in [-0.25, -0.2) is 0 Å². The summed E-state index contributed by atoms with van der Waals surface area (Å²) >= 11 is 0. The van der Waals surface area contributed by atoms with Crippen LogP contribution in [0.1, 0.15) is 205 Å². The SMILES string of the molecule is C1CCC(C2CCCCC2C2C3CC4CCCCC4CC3C(C3CCCCC3C3CCCCC3)C3CC4C(CCC5CCCCC54)CC32)CC1. The molecule has 0 nitrogen and oxygen atoms in total. The van der Waals surface area contributed by atoms with E-state index in [0.717, 1.165) is 107 Å². The molecule has 0 bridgehead atoms. The summed E-state index contributed by atoms with van der Waals surface area (Å²) in [5.41, 5.74) is 0. The van der Waals surface area contributed by atoms with Crippen LogP contribution in [0.5, 0.6) is 0 Å². The monoisotopic (exact) mass is 683 g/mol. The van der Waals surface area contributed by atoms with E-state index >= 15 is 0 Å². The quantitative estimate of drug-likeness (QED) is 0.277. The molecule has 10 fully saturated rings. The molecule has 16 unspecified atom stereocenters. The first-order chi connectivity index (χ1) is 24.8. The largest absolute Gasteiger partial charge is 0.0533 e. The van der Waals surface area contributed by atoms with Crippen LogP contribution in [0.25, 0.3) is 0 Å². The highest BCUT2D eigenvalue weighted by molar-refractivity contribution is 5.10. The maximum Gasteiger partial charge on any atom is -0.0321 e. The van der Waals surface area contributed by atoms with E-state index in [-0.39, 0.29) is 0 Å². The van der Waals surface area contributed by atoms with E-state index in [4.69, 9.17) is 0 Å². The molecule has 282 valence electrons. The lowest BCUT2D eigenvalue weighted by molar-refractivity contribution is -0.176. The van der Waals surface area contributed by atoms with E-state index in [9.17, 15) is 0 Å². The Morgan fingerprint density at radius 2 is 0.460 bits per heavy atom. The molecule has 0 radical (unpaired) electrons. The van der Waals surface area contributed by atoms with Gasteiger partial charge in [-0.1, -0.05) is 135 Å². The van der Waals surface area contributed by atoms with Crippen LogP contribution in [0.15, 0.2) is 0 Å². The van der Waals surface area contributed by atoms with Gasteiger partial charge in [-0.15, -0.1) is 0 Å². The molecular formula is C50H82. The molecule has 0 saturated heterocycles. The van der Waals surface area contributed by atoms with Gasteiger partial charge < -0.3 is 0 Å². The smallest absolute Gasteiger partial charge is 0.0321 e. The van der Waals surface area contributed by atoms with Gasteiger partial charge in [-0.05, 0) is 177 Å². The van der Waals surface area contributed by atoms with Gasteiger partial charge in [0.25, 0.3) is 0 Å². The summed E-state index contributed by atoms with van der Waals surface area (Å²) in [7, 11) is 0. The summed E-state index contributed by atoms with van der Waals surface area (Å²) in [6.07, 6.45) is 51.7.